The third-order valence-corrected chi connectivity index (χ3v) is 6.80. The summed E-state index contributed by atoms with van der Waals surface area (Å²) in [5, 5.41) is 4.60. The summed E-state index contributed by atoms with van der Waals surface area (Å²) in [4.78, 5) is 12.1. The van der Waals surface area contributed by atoms with Crippen LogP contribution < -0.4 is 5.32 Å². The van der Waals surface area contributed by atoms with E-state index in [0.29, 0.717) is 19.3 Å². The second kappa shape index (κ2) is 5.72. The van der Waals surface area contributed by atoms with E-state index < -0.39 is 0 Å². The van der Waals surface area contributed by atoms with Gasteiger partial charge in [0.1, 0.15) is 5.78 Å². The van der Waals surface area contributed by atoms with Crippen molar-refractivity contribution in [1.29, 1.82) is 0 Å². The predicted octanol–water partition coefficient (Wildman–Crippen LogP) is 3.11. The molecule has 20 heavy (non-hydrogen) atoms. The van der Waals surface area contributed by atoms with Crippen LogP contribution in [0.2, 0.25) is 0 Å². The highest BCUT2D eigenvalue weighted by Crippen LogP contribution is 2.46. The molecule has 3 rings (SSSR count). The normalized spacial score (nSPS) is 35.0. The van der Waals surface area contributed by atoms with Crippen molar-refractivity contribution in [1.82, 2.24) is 5.32 Å². The zero-order valence-electron chi connectivity index (χ0n) is 12.3. The molecule has 2 saturated carbocycles. The zero-order chi connectivity index (χ0) is 14.2. The summed E-state index contributed by atoms with van der Waals surface area (Å²) in [5.41, 5.74) is 0. The van der Waals surface area contributed by atoms with Crippen LogP contribution in [0.15, 0.2) is 11.6 Å². The Kier molecular flexibility index (Phi) is 4.14. The minimum atomic E-state index is -0.306. The van der Waals surface area contributed by atoms with Crippen LogP contribution in [-0.2, 0) is 9.53 Å². The number of Topliss-reactive ketones (excluding diaryl/α,β-unsaturated/α-hetero) is 1. The van der Waals surface area contributed by atoms with Crippen LogP contribution >= 0.6 is 11.8 Å². The van der Waals surface area contributed by atoms with Crippen LogP contribution in [0.4, 0.5) is 0 Å². The van der Waals surface area contributed by atoms with Crippen LogP contribution in [0.3, 0.4) is 0 Å². The van der Waals surface area contributed by atoms with Crippen molar-refractivity contribution in [2.45, 2.75) is 56.2 Å². The van der Waals surface area contributed by atoms with Gasteiger partial charge in [0, 0.05) is 19.3 Å². The van der Waals surface area contributed by atoms with Gasteiger partial charge in [-0.2, -0.15) is 0 Å². The van der Waals surface area contributed by atoms with Gasteiger partial charge in [0.05, 0.1) is 9.78 Å². The lowest BCUT2D eigenvalue weighted by atomic mass is 9.95. The third-order valence-electron chi connectivity index (χ3n) is 5.35. The molecule has 0 spiro atoms. The van der Waals surface area contributed by atoms with Crippen LogP contribution in [-0.4, -0.2) is 29.8 Å². The fourth-order valence-corrected chi connectivity index (χ4v) is 5.32. The quantitative estimate of drug-likeness (QED) is 0.846. The van der Waals surface area contributed by atoms with E-state index in [4.69, 9.17) is 4.74 Å². The van der Waals surface area contributed by atoms with Gasteiger partial charge in [0.15, 0.2) is 0 Å². The number of carbonyl (C=O) groups is 1. The maximum atomic E-state index is 12.1. The van der Waals surface area contributed by atoms with Crippen molar-refractivity contribution in [2.24, 2.45) is 11.8 Å². The smallest absolute Gasteiger partial charge is 0.146 e. The van der Waals surface area contributed by atoms with Crippen molar-refractivity contribution in [3.8, 4) is 0 Å². The van der Waals surface area contributed by atoms with E-state index in [0.717, 1.165) is 29.7 Å². The van der Waals surface area contributed by atoms with Gasteiger partial charge in [0.25, 0.3) is 0 Å². The minimum Gasteiger partial charge on any atom is -0.381 e. The van der Waals surface area contributed by atoms with Gasteiger partial charge in [-0.05, 0) is 50.9 Å². The molecule has 1 aliphatic heterocycles. The Labute approximate surface area is 125 Å². The summed E-state index contributed by atoms with van der Waals surface area (Å²) in [5.74, 6) is 2.03. The highest BCUT2D eigenvalue weighted by atomic mass is 32.2. The zero-order valence-corrected chi connectivity index (χ0v) is 13.1. The predicted molar refractivity (Wildman–Crippen MR) is 82.6 cm³/mol. The number of ketones is 1. The topological polar surface area (TPSA) is 38.3 Å². The number of hydrogen-bond donors (Lipinski definition) is 1. The number of rotatable bonds is 5. The van der Waals surface area contributed by atoms with Crippen LogP contribution in [0.1, 0.15) is 45.4 Å². The molecule has 1 saturated heterocycles. The molecular formula is C16H25NO2S. The van der Waals surface area contributed by atoms with Gasteiger partial charge < -0.3 is 10.1 Å². The Bertz CT molecular complexity index is 403. The molecule has 4 heteroatoms. The lowest BCUT2D eigenvalue weighted by molar-refractivity contribution is -0.121. The molecule has 1 N–H and O–H groups in total. The minimum absolute atomic E-state index is 0.265. The Morgan fingerprint density at radius 3 is 2.60 bits per heavy atom. The first-order valence-corrected chi connectivity index (χ1v) is 8.64. The van der Waals surface area contributed by atoms with Crippen molar-refractivity contribution in [3.05, 3.63) is 11.6 Å². The number of nitrogens with one attached hydrogen (secondary N) is 1. The molecule has 0 unspecified atom stereocenters. The van der Waals surface area contributed by atoms with E-state index in [9.17, 15) is 4.79 Å². The summed E-state index contributed by atoms with van der Waals surface area (Å²) < 4.78 is 5.11. The van der Waals surface area contributed by atoms with Crippen LogP contribution in [0, 0.1) is 11.8 Å². The van der Waals surface area contributed by atoms with Crippen LogP contribution in [0.25, 0.3) is 0 Å². The summed E-state index contributed by atoms with van der Waals surface area (Å²) in [6, 6.07) is 0.595. The average Bonchev–Trinajstić information content (AvgIpc) is 3.01. The number of fused-ring (bicyclic) bond motifs is 2. The average molecular weight is 295 g/mol. The molecule has 0 aromatic rings. The lowest BCUT2D eigenvalue weighted by Gasteiger charge is -2.36. The first kappa shape index (κ1) is 14.5. The third kappa shape index (κ3) is 2.77. The molecule has 0 radical (unpaired) electrons. The standard InChI is InChI=1S/C16H25NO2S/c1-11(18)16(5-7-19-8-6-16)20-12(2)17-15-10-13-3-4-14(15)9-13/h13-15,17H,2-10H2,1H3/t13-,14+,15+/m1/s1. The summed E-state index contributed by atoms with van der Waals surface area (Å²) in [7, 11) is 0. The Morgan fingerprint density at radius 1 is 1.30 bits per heavy atom. The van der Waals surface area contributed by atoms with Gasteiger partial charge in [-0.1, -0.05) is 24.8 Å². The monoisotopic (exact) mass is 295 g/mol. The highest BCUT2D eigenvalue weighted by Gasteiger charge is 2.42. The second-order valence-electron chi connectivity index (χ2n) is 6.61. The van der Waals surface area contributed by atoms with E-state index in [1.807, 2.05) is 0 Å². The van der Waals surface area contributed by atoms with E-state index in [-0.39, 0.29) is 10.5 Å². The van der Waals surface area contributed by atoms with Gasteiger partial charge >= 0.3 is 0 Å². The van der Waals surface area contributed by atoms with Gasteiger partial charge in [-0.15, -0.1) is 0 Å². The SMILES string of the molecule is C=C(N[C@H]1C[C@@H]2CC[C@H]1C2)SC1(C(C)=O)CCOCC1. The molecule has 3 fully saturated rings. The highest BCUT2D eigenvalue weighted by molar-refractivity contribution is 8.05. The molecule has 2 bridgehead atoms. The second-order valence-corrected chi connectivity index (χ2v) is 8.09. The van der Waals surface area contributed by atoms with Gasteiger partial charge in [-0.3, -0.25) is 4.79 Å². The number of thioether (sulfide) groups is 1. The fourth-order valence-electron chi connectivity index (χ4n) is 4.12. The van der Waals surface area contributed by atoms with E-state index in [1.54, 1.807) is 18.7 Å². The molecule has 1 heterocycles. The van der Waals surface area contributed by atoms with Gasteiger partial charge in [0.2, 0.25) is 0 Å². The maximum Gasteiger partial charge on any atom is 0.146 e. The number of hydrogen-bond acceptors (Lipinski definition) is 4. The molecular weight excluding hydrogens is 270 g/mol. The van der Waals surface area contributed by atoms with Crippen molar-refractivity contribution in [3.63, 3.8) is 0 Å². The molecule has 3 atom stereocenters. The fraction of sp³-hybridized carbons (Fsp3) is 0.812. The Hall–Kier alpha value is -0.480. The molecule has 0 amide bonds. The van der Waals surface area contributed by atoms with Crippen LogP contribution in [0.5, 0.6) is 0 Å². The first-order chi connectivity index (χ1) is 9.59. The molecule has 0 aromatic heterocycles. The number of carbonyl (C=O) groups excluding carboxylic acids is 1. The lowest BCUT2D eigenvalue weighted by Crippen LogP contribution is -2.41. The molecule has 2 aliphatic carbocycles. The summed E-state index contributed by atoms with van der Waals surface area (Å²) >= 11 is 1.66. The molecule has 3 aliphatic rings. The Balaban J connectivity index is 1.58. The van der Waals surface area contributed by atoms with Crippen molar-refractivity contribution in [2.75, 3.05) is 13.2 Å². The largest absolute Gasteiger partial charge is 0.381 e. The van der Waals surface area contributed by atoms with E-state index >= 15 is 0 Å². The van der Waals surface area contributed by atoms with E-state index in [2.05, 4.69) is 11.9 Å². The van der Waals surface area contributed by atoms with Crippen molar-refractivity contribution < 1.29 is 9.53 Å². The van der Waals surface area contributed by atoms with Gasteiger partial charge in [-0.25, -0.2) is 0 Å². The van der Waals surface area contributed by atoms with Crippen molar-refractivity contribution >= 4 is 17.5 Å². The van der Waals surface area contributed by atoms with E-state index in [1.165, 1.54) is 25.7 Å². The molecule has 0 aromatic carbocycles. The number of ether oxygens (including phenoxy) is 1. The summed E-state index contributed by atoms with van der Waals surface area (Å²) in [6.07, 6.45) is 7.08. The molecule has 3 nitrogen and oxygen atoms in total. The summed E-state index contributed by atoms with van der Waals surface area (Å²) in [6.45, 7) is 7.27. The Morgan fingerprint density at radius 2 is 2.05 bits per heavy atom. The maximum absolute atomic E-state index is 12.1. The molecule has 112 valence electrons. The first-order valence-electron chi connectivity index (χ1n) is 7.82.